The number of nitrogens with one attached hydrogen (secondary N) is 1. The van der Waals surface area contributed by atoms with Gasteiger partial charge in [0.25, 0.3) is 5.91 Å². The number of pyridine rings is 1. The molecule has 248 valence electrons. The van der Waals surface area contributed by atoms with Crippen molar-refractivity contribution >= 4 is 17.8 Å². The Bertz CT molecular complexity index is 1740. The summed E-state index contributed by atoms with van der Waals surface area (Å²) in [5.74, 6) is -2.45. The fourth-order valence-electron chi connectivity index (χ4n) is 6.95. The van der Waals surface area contributed by atoms with E-state index < -0.39 is 79.7 Å². The predicted molar refractivity (Wildman–Crippen MR) is 153 cm³/mol. The number of hydrogen-bond acceptors (Lipinski definition) is 7. The number of carbonyl (C=O) groups is 3. The van der Waals surface area contributed by atoms with Crippen LogP contribution in [0.5, 0.6) is 0 Å². The number of ether oxygens (including phenoxy) is 1. The second-order valence-electron chi connectivity index (χ2n) is 12.7. The Morgan fingerprint density at radius 3 is 2.53 bits per heavy atom. The minimum absolute atomic E-state index is 0.0185. The molecule has 3 fully saturated rings. The standard InChI is InChI=1S/C31H30F5N7O4/c1-40-16-29(17-40,31(34,35)36)43(12-22-4-3-21(32)9-37-22)26(44)13-42-27(45)30(39-28(42)46)7-25(33)23-6-19(2-5-24(23)30)20-8-38-41(11-20)10-18-14-47-15-18/h2-6,8-9,11,18,25H,7,10,12-17H2,1H3,(H,39,46)/t25-,30+/m1/s1. The van der Waals surface area contributed by atoms with Gasteiger partial charge in [0, 0.05) is 43.7 Å². The van der Waals surface area contributed by atoms with Crippen molar-refractivity contribution in [3.05, 3.63) is 71.6 Å². The summed E-state index contributed by atoms with van der Waals surface area (Å²) < 4.78 is 79.7. The molecular weight excluding hydrogens is 629 g/mol. The number of urea groups is 1. The third-order valence-corrected chi connectivity index (χ3v) is 9.44. The zero-order valence-corrected chi connectivity index (χ0v) is 25.1. The van der Waals surface area contributed by atoms with Gasteiger partial charge in [-0.15, -0.1) is 0 Å². The van der Waals surface area contributed by atoms with Crippen molar-refractivity contribution in [1.29, 1.82) is 0 Å². The van der Waals surface area contributed by atoms with Crippen LogP contribution in [0.25, 0.3) is 11.1 Å². The highest BCUT2D eigenvalue weighted by atomic mass is 19.4. The maximum Gasteiger partial charge on any atom is 0.414 e. The van der Waals surface area contributed by atoms with Crippen molar-refractivity contribution in [3.8, 4) is 11.1 Å². The molecule has 3 aromatic rings. The molecule has 0 unspecified atom stereocenters. The first-order valence-electron chi connectivity index (χ1n) is 15.0. The van der Waals surface area contributed by atoms with E-state index in [1.807, 2.05) is 6.20 Å². The van der Waals surface area contributed by atoms with Crippen molar-refractivity contribution in [2.75, 3.05) is 39.9 Å². The van der Waals surface area contributed by atoms with Crippen LogP contribution in [-0.4, -0.2) is 98.9 Å². The fourth-order valence-corrected chi connectivity index (χ4v) is 6.95. The van der Waals surface area contributed by atoms with Gasteiger partial charge in [-0.2, -0.15) is 18.3 Å². The van der Waals surface area contributed by atoms with E-state index in [9.17, 15) is 31.9 Å². The highest BCUT2D eigenvalue weighted by Crippen LogP contribution is 2.50. The first kappa shape index (κ1) is 31.2. The van der Waals surface area contributed by atoms with Crippen LogP contribution in [-0.2, 0) is 33.0 Å². The van der Waals surface area contributed by atoms with Crippen LogP contribution in [0, 0.1) is 11.7 Å². The molecule has 0 bridgehead atoms. The molecule has 16 heteroatoms. The Labute approximate surface area is 265 Å². The average molecular weight is 660 g/mol. The number of imide groups is 1. The number of likely N-dealkylation sites (tertiary alicyclic amines) is 1. The molecule has 5 heterocycles. The Morgan fingerprint density at radius 1 is 1.13 bits per heavy atom. The zero-order valence-electron chi connectivity index (χ0n) is 25.1. The number of rotatable bonds is 8. The number of amides is 4. The second-order valence-corrected chi connectivity index (χ2v) is 12.7. The van der Waals surface area contributed by atoms with Crippen LogP contribution in [0.1, 0.15) is 29.4 Å². The Hall–Kier alpha value is -4.44. The summed E-state index contributed by atoms with van der Waals surface area (Å²) in [7, 11) is 1.46. The van der Waals surface area contributed by atoms with Gasteiger partial charge in [0.2, 0.25) is 5.91 Å². The molecule has 11 nitrogen and oxygen atoms in total. The van der Waals surface area contributed by atoms with Crippen molar-refractivity contribution in [1.82, 2.24) is 34.8 Å². The van der Waals surface area contributed by atoms with Crippen LogP contribution >= 0.6 is 0 Å². The van der Waals surface area contributed by atoms with Gasteiger partial charge in [-0.3, -0.25) is 24.2 Å². The fraction of sp³-hybridized carbons (Fsp3) is 0.452. The molecule has 1 N–H and O–H groups in total. The molecule has 2 aromatic heterocycles. The molecular formula is C31H30F5N7O4. The maximum absolute atomic E-state index is 15.6. The summed E-state index contributed by atoms with van der Waals surface area (Å²) in [5.41, 5.74) is -2.72. The van der Waals surface area contributed by atoms with Crippen molar-refractivity contribution in [3.63, 3.8) is 0 Å². The van der Waals surface area contributed by atoms with E-state index in [0.717, 1.165) is 23.9 Å². The van der Waals surface area contributed by atoms with E-state index in [-0.39, 0.29) is 16.8 Å². The lowest BCUT2D eigenvalue weighted by molar-refractivity contribution is -0.268. The maximum atomic E-state index is 15.6. The Morgan fingerprint density at radius 2 is 1.89 bits per heavy atom. The van der Waals surface area contributed by atoms with Gasteiger partial charge in [-0.1, -0.05) is 12.1 Å². The number of alkyl halides is 4. The minimum Gasteiger partial charge on any atom is -0.381 e. The summed E-state index contributed by atoms with van der Waals surface area (Å²) in [6.45, 7) is -0.790. The van der Waals surface area contributed by atoms with Crippen LogP contribution in [0.4, 0.5) is 26.7 Å². The largest absolute Gasteiger partial charge is 0.414 e. The highest BCUT2D eigenvalue weighted by molar-refractivity contribution is 6.10. The van der Waals surface area contributed by atoms with E-state index in [0.29, 0.717) is 41.0 Å². The van der Waals surface area contributed by atoms with Crippen LogP contribution < -0.4 is 5.32 Å². The van der Waals surface area contributed by atoms with Gasteiger partial charge in [0.15, 0.2) is 5.54 Å². The Balaban J connectivity index is 1.14. The summed E-state index contributed by atoms with van der Waals surface area (Å²) in [5, 5.41) is 6.90. The SMILES string of the molecule is CN1CC(N(Cc2ccc(F)cn2)C(=O)CN2C(=O)N[C@]3(C[C@@H](F)c4cc(-c5cnn(CC6COC6)c5)ccc43)C2=O)(C(F)(F)F)C1. The molecule has 7 rings (SSSR count). The molecule has 3 aliphatic heterocycles. The van der Waals surface area contributed by atoms with Gasteiger partial charge >= 0.3 is 12.2 Å². The monoisotopic (exact) mass is 659 g/mol. The number of halogens is 5. The zero-order chi connectivity index (χ0) is 33.3. The molecule has 2 atom stereocenters. The highest BCUT2D eigenvalue weighted by Gasteiger charge is 2.66. The average Bonchev–Trinajstić information content (AvgIpc) is 3.63. The third kappa shape index (κ3) is 5.13. The lowest BCUT2D eigenvalue weighted by atomic mass is 9.86. The van der Waals surface area contributed by atoms with Crippen molar-refractivity contribution < 1.29 is 41.1 Å². The predicted octanol–water partition coefficient (Wildman–Crippen LogP) is 3.17. The number of benzene rings is 1. The first-order valence-corrected chi connectivity index (χ1v) is 15.0. The van der Waals surface area contributed by atoms with Crippen LogP contribution in [0.2, 0.25) is 0 Å². The van der Waals surface area contributed by atoms with E-state index >= 15 is 4.39 Å². The van der Waals surface area contributed by atoms with Crippen LogP contribution in [0.3, 0.4) is 0 Å². The quantitative estimate of drug-likeness (QED) is 0.292. The number of aromatic nitrogens is 3. The summed E-state index contributed by atoms with van der Waals surface area (Å²) in [4.78, 5) is 47.0. The molecule has 4 aliphatic rings. The molecule has 1 spiro atoms. The second kappa shape index (κ2) is 11.1. The first-order chi connectivity index (χ1) is 22.3. The number of nitrogens with zero attached hydrogens (tertiary/aromatic N) is 6. The number of likely N-dealkylation sites (N-methyl/N-ethyl adjacent to an activating group) is 1. The van der Waals surface area contributed by atoms with E-state index in [2.05, 4.69) is 15.4 Å². The molecule has 0 radical (unpaired) electrons. The Kier molecular flexibility index (Phi) is 7.35. The summed E-state index contributed by atoms with van der Waals surface area (Å²) in [6.07, 6.45) is -2.67. The summed E-state index contributed by atoms with van der Waals surface area (Å²) >= 11 is 0. The van der Waals surface area contributed by atoms with Gasteiger partial charge in [0.1, 0.15) is 24.1 Å². The smallest absolute Gasteiger partial charge is 0.381 e. The van der Waals surface area contributed by atoms with Gasteiger partial charge in [0.05, 0.1) is 37.8 Å². The molecule has 1 aliphatic carbocycles. The number of fused-ring (bicyclic) bond motifs is 2. The van der Waals surface area contributed by atoms with E-state index in [1.165, 1.54) is 11.9 Å². The van der Waals surface area contributed by atoms with Crippen LogP contribution in [0.15, 0.2) is 48.9 Å². The van der Waals surface area contributed by atoms with E-state index in [4.69, 9.17) is 4.74 Å². The van der Waals surface area contributed by atoms with Gasteiger partial charge in [-0.05, 0) is 41.9 Å². The summed E-state index contributed by atoms with van der Waals surface area (Å²) in [6, 6.07) is 5.95. The lowest BCUT2D eigenvalue weighted by Crippen LogP contribution is -2.77. The van der Waals surface area contributed by atoms with Gasteiger partial charge in [-0.25, -0.2) is 13.6 Å². The molecule has 1 aromatic carbocycles. The molecule has 47 heavy (non-hydrogen) atoms. The van der Waals surface area contributed by atoms with Gasteiger partial charge < -0.3 is 19.9 Å². The van der Waals surface area contributed by atoms with E-state index in [1.54, 1.807) is 29.1 Å². The normalized spacial score (nSPS) is 23.9. The lowest BCUT2D eigenvalue weighted by Gasteiger charge is -2.55. The van der Waals surface area contributed by atoms with Crippen molar-refractivity contribution in [2.45, 2.75) is 42.9 Å². The van der Waals surface area contributed by atoms with Crippen molar-refractivity contribution in [2.24, 2.45) is 5.92 Å². The minimum atomic E-state index is -4.88. The number of carbonyl (C=O) groups excluding carboxylic acids is 3. The molecule has 3 saturated heterocycles. The third-order valence-electron chi connectivity index (χ3n) is 9.44. The topological polar surface area (TPSA) is 113 Å². The number of hydrogen-bond donors (Lipinski definition) is 1. The molecule has 0 saturated carbocycles. The molecule has 4 amide bonds.